The van der Waals surface area contributed by atoms with Crippen LogP contribution in [-0.4, -0.2) is 40.8 Å². The molecule has 152 valence electrons. The first kappa shape index (κ1) is 20.7. The number of sulfonamides is 2. The average molecular weight is 430 g/mol. The lowest BCUT2D eigenvalue weighted by Gasteiger charge is -2.21. The second-order valence-corrected chi connectivity index (χ2v) is 10.1. The first-order chi connectivity index (χ1) is 13.1. The molecule has 10 heteroatoms. The molecule has 0 spiro atoms. The fraction of sp³-hybridized carbons (Fsp3) is 0.333. The molecule has 0 fully saturated rings. The molecule has 0 unspecified atom stereocenters. The highest BCUT2D eigenvalue weighted by Gasteiger charge is 2.34. The van der Waals surface area contributed by atoms with Crippen LogP contribution in [0.1, 0.15) is 19.4 Å². The Morgan fingerprint density at radius 1 is 1.00 bits per heavy atom. The molecule has 1 aliphatic rings. The molecule has 1 aliphatic heterocycles. The molecule has 0 aliphatic carbocycles. The first-order valence-electron chi connectivity index (χ1n) is 8.73. The molecule has 0 N–H and O–H groups in total. The van der Waals surface area contributed by atoms with Gasteiger partial charge in [0.2, 0.25) is 10.0 Å². The van der Waals surface area contributed by atoms with Gasteiger partial charge in [-0.3, -0.25) is 4.31 Å². The Kier molecular flexibility index (Phi) is 5.48. The van der Waals surface area contributed by atoms with E-state index < -0.39 is 36.6 Å². The summed E-state index contributed by atoms with van der Waals surface area (Å²) in [6.45, 7) is 4.11. The maximum Gasteiger partial charge on any atom is 0.267 e. The zero-order valence-corrected chi connectivity index (χ0v) is 17.0. The third-order valence-electron chi connectivity index (χ3n) is 4.71. The number of benzene rings is 2. The Bertz CT molecular complexity index is 1110. The summed E-state index contributed by atoms with van der Waals surface area (Å²) in [5, 5.41) is 0. The fourth-order valence-electron chi connectivity index (χ4n) is 3.26. The van der Waals surface area contributed by atoms with Crippen LogP contribution in [0.3, 0.4) is 0 Å². The third kappa shape index (κ3) is 3.40. The lowest BCUT2D eigenvalue weighted by atomic mass is 10.2. The zero-order chi connectivity index (χ0) is 20.7. The van der Waals surface area contributed by atoms with Crippen LogP contribution in [0, 0.1) is 11.6 Å². The smallest absolute Gasteiger partial charge is 0.266 e. The molecule has 0 radical (unpaired) electrons. The fourth-order valence-corrected chi connectivity index (χ4v) is 6.36. The van der Waals surface area contributed by atoms with E-state index in [-0.39, 0.29) is 23.5 Å². The summed E-state index contributed by atoms with van der Waals surface area (Å²) in [6, 6.07) is 6.42. The van der Waals surface area contributed by atoms with Crippen LogP contribution < -0.4 is 4.31 Å². The highest BCUT2D eigenvalue weighted by molar-refractivity contribution is 7.92. The summed E-state index contributed by atoms with van der Waals surface area (Å²) in [7, 11) is -8.01. The van der Waals surface area contributed by atoms with Crippen LogP contribution in [0.5, 0.6) is 0 Å². The second-order valence-electron chi connectivity index (χ2n) is 6.28. The minimum Gasteiger partial charge on any atom is -0.266 e. The Hall–Kier alpha value is -2.04. The molecule has 0 amide bonds. The number of rotatable bonds is 6. The quantitative estimate of drug-likeness (QED) is 0.706. The van der Waals surface area contributed by atoms with Crippen molar-refractivity contribution in [2.45, 2.75) is 30.1 Å². The van der Waals surface area contributed by atoms with Gasteiger partial charge in [-0.1, -0.05) is 13.8 Å². The maximum atomic E-state index is 14.0. The Balaban J connectivity index is 2.03. The van der Waals surface area contributed by atoms with Gasteiger partial charge in [-0.05, 0) is 48.4 Å². The minimum atomic E-state index is -4.32. The summed E-state index contributed by atoms with van der Waals surface area (Å²) in [5.74, 6) is -1.91. The molecular weight excluding hydrogens is 410 g/mol. The molecule has 0 aromatic heterocycles. The maximum absolute atomic E-state index is 14.0. The van der Waals surface area contributed by atoms with Crippen LogP contribution in [0.4, 0.5) is 14.5 Å². The van der Waals surface area contributed by atoms with E-state index in [1.54, 1.807) is 13.8 Å². The molecule has 0 atom stereocenters. The molecule has 1 heterocycles. The van der Waals surface area contributed by atoms with Crippen molar-refractivity contribution in [3.05, 3.63) is 53.6 Å². The first-order valence-corrected chi connectivity index (χ1v) is 11.6. The second kappa shape index (κ2) is 7.41. The summed E-state index contributed by atoms with van der Waals surface area (Å²) in [5.41, 5.74) is 0.788. The zero-order valence-electron chi connectivity index (χ0n) is 15.4. The van der Waals surface area contributed by atoms with Crippen molar-refractivity contribution in [2.75, 3.05) is 23.9 Å². The van der Waals surface area contributed by atoms with Crippen molar-refractivity contribution < 1.29 is 25.6 Å². The summed E-state index contributed by atoms with van der Waals surface area (Å²) >= 11 is 0. The van der Waals surface area contributed by atoms with Crippen molar-refractivity contribution in [2.24, 2.45) is 0 Å². The number of fused-ring (bicyclic) bond motifs is 1. The Morgan fingerprint density at radius 2 is 1.68 bits per heavy atom. The molecular formula is C18H20F2N2O4S2. The van der Waals surface area contributed by atoms with E-state index in [0.717, 1.165) is 16.4 Å². The van der Waals surface area contributed by atoms with E-state index in [0.29, 0.717) is 24.7 Å². The van der Waals surface area contributed by atoms with Gasteiger partial charge >= 0.3 is 0 Å². The molecule has 0 saturated heterocycles. The minimum absolute atomic E-state index is 0.0163. The number of hydrogen-bond acceptors (Lipinski definition) is 4. The lowest BCUT2D eigenvalue weighted by Crippen LogP contribution is -2.31. The van der Waals surface area contributed by atoms with Crippen LogP contribution in [-0.2, 0) is 26.5 Å². The van der Waals surface area contributed by atoms with E-state index in [1.807, 2.05) is 0 Å². The van der Waals surface area contributed by atoms with Gasteiger partial charge in [0, 0.05) is 19.6 Å². The highest BCUT2D eigenvalue weighted by atomic mass is 32.2. The molecule has 28 heavy (non-hydrogen) atoms. The number of halogens is 2. The molecule has 6 nitrogen and oxygen atoms in total. The van der Waals surface area contributed by atoms with Crippen LogP contribution in [0.15, 0.2) is 46.2 Å². The predicted octanol–water partition coefficient (Wildman–Crippen LogP) is 2.75. The van der Waals surface area contributed by atoms with Gasteiger partial charge in [-0.25, -0.2) is 25.6 Å². The molecule has 0 saturated carbocycles. The van der Waals surface area contributed by atoms with Gasteiger partial charge in [0.05, 0.1) is 10.6 Å². The van der Waals surface area contributed by atoms with Gasteiger partial charge in [0.25, 0.3) is 10.0 Å². The van der Waals surface area contributed by atoms with E-state index >= 15 is 0 Å². The molecule has 2 aromatic carbocycles. The Morgan fingerprint density at radius 3 is 2.32 bits per heavy atom. The number of anilines is 1. The van der Waals surface area contributed by atoms with Crippen LogP contribution in [0.25, 0.3) is 0 Å². The largest absolute Gasteiger partial charge is 0.267 e. The summed E-state index contributed by atoms with van der Waals surface area (Å²) in [4.78, 5) is -0.675. The topological polar surface area (TPSA) is 74.8 Å². The van der Waals surface area contributed by atoms with E-state index in [9.17, 15) is 25.6 Å². The van der Waals surface area contributed by atoms with Crippen LogP contribution >= 0.6 is 0 Å². The van der Waals surface area contributed by atoms with Crippen molar-refractivity contribution in [1.29, 1.82) is 0 Å². The molecule has 3 rings (SSSR count). The summed E-state index contributed by atoms with van der Waals surface area (Å²) < 4.78 is 80.8. The van der Waals surface area contributed by atoms with Gasteiger partial charge < -0.3 is 0 Å². The van der Waals surface area contributed by atoms with Gasteiger partial charge in [-0.2, -0.15) is 4.31 Å². The van der Waals surface area contributed by atoms with Crippen LogP contribution in [0.2, 0.25) is 0 Å². The van der Waals surface area contributed by atoms with Gasteiger partial charge in [0.1, 0.15) is 16.5 Å². The van der Waals surface area contributed by atoms with E-state index in [1.165, 1.54) is 22.5 Å². The van der Waals surface area contributed by atoms with Crippen molar-refractivity contribution in [3.8, 4) is 0 Å². The van der Waals surface area contributed by atoms with E-state index in [2.05, 4.69) is 0 Å². The number of nitrogens with zero attached hydrogens (tertiary/aromatic N) is 2. The average Bonchev–Trinajstić information content (AvgIpc) is 3.08. The predicted molar refractivity (Wildman–Crippen MR) is 101 cm³/mol. The monoisotopic (exact) mass is 430 g/mol. The Labute approximate surface area is 163 Å². The third-order valence-corrected chi connectivity index (χ3v) is 8.58. The summed E-state index contributed by atoms with van der Waals surface area (Å²) in [6.07, 6.45) is 0.271. The highest BCUT2D eigenvalue weighted by Crippen LogP contribution is 2.35. The SMILES string of the molecule is CCN(CC)S(=O)(=O)c1ccc2c(c1)CCN2S(=O)(=O)c1cc(F)ccc1F. The van der Waals surface area contributed by atoms with Gasteiger partial charge in [-0.15, -0.1) is 0 Å². The van der Waals surface area contributed by atoms with Crippen molar-refractivity contribution in [1.82, 2.24) is 4.31 Å². The van der Waals surface area contributed by atoms with Crippen molar-refractivity contribution >= 4 is 25.7 Å². The lowest BCUT2D eigenvalue weighted by molar-refractivity contribution is 0.445. The molecule has 0 bridgehead atoms. The van der Waals surface area contributed by atoms with E-state index in [4.69, 9.17) is 0 Å². The standard InChI is InChI=1S/C18H20F2N2O4S2/c1-3-21(4-2)27(23,24)15-6-8-17-13(11-15)9-10-22(17)28(25,26)18-12-14(19)5-7-16(18)20/h5-8,11-12H,3-4,9-10H2,1-2H3. The van der Waals surface area contributed by atoms with Crippen molar-refractivity contribution in [3.63, 3.8) is 0 Å². The normalized spacial score (nSPS) is 14.5. The molecule has 2 aromatic rings. The van der Waals surface area contributed by atoms with Gasteiger partial charge in [0.15, 0.2) is 0 Å². The number of hydrogen-bond donors (Lipinski definition) is 0.